The highest BCUT2D eigenvalue weighted by Gasteiger charge is 2.47. The van der Waals surface area contributed by atoms with Crippen LogP contribution in [0.15, 0.2) is 18.2 Å². The molecule has 0 saturated carbocycles. The predicted molar refractivity (Wildman–Crippen MR) is 128 cm³/mol. The molecule has 3 aliphatic rings. The molecule has 0 aliphatic carbocycles. The predicted octanol–water partition coefficient (Wildman–Crippen LogP) is 1.37. The van der Waals surface area contributed by atoms with Gasteiger partial charge in [-0.1, -0.05) is 12.1 Å². The van der Waals surface area contributed by atoms with Crippen molar-refractivity contribution < 1.29 is 24.1 Å². The molecular formula is C26H40FN3O4. The van der Waals surface area contributed by atoms with Crippen LogP contribution in [0.5, 0.6) is 0 Å². The van der Waals surface area contributed by atoms with Gasteiger partial charge < -0.3 is 25.2 Å². The molecule has 4 rings (SSSR count). The number of nitrogens with one attached hydrogen (secondary N) is 1. The van der Waals surface area contributed by atoms with Crippen molar-refractivity contribution in [3.63, 3.8) is 0 Å². The van der Waals surface area contributed by atoms with Crippen LogP contribution in [0.2, 0.25) is 0 Å². The second-order valence-electron chi connectivity index (χ2n) is 10.4. The molecule has 1 amide bonds. The zero-order valence-electron chi connectivity index (χ0n) is 20.5. The Morgan fingerprint density at radius 2 is 2.03 bits per heavy atom. The first-order valence-electron chi connectivity index (χ1n) is 12.7. The van der Waals surface area contributed by atoms with Gasteiger partial charge in [-0.15, -0.1) is 0 Å². The van der Waals surface area contributed by atoms with Gasteiger partial charge in [0.25, 0.3) is 0 Å². The van der Waals surface area contributed by atoms with Crippen LogP contribution < -0.4 is 5.32 Å². The summed E-state index contributed by atoms with van der Waals surface area (Å²) in [5.41, 5.74) is 1.50. The Bertz CT molecular complexity index is 840. The van der Waals surface area contributed by atoms with Crippen LogP contribution in [0, 0.1) is 30.5 Å². The first-order valence-corrected chi connectivity index (χ1v) is 12.7. The molecule has 3 saturated heterocycles. The number of likely N-dealkylation sites (tertiary alicyclic amines) is 2. The van der Waals surface area contributed by atoms with E-state index in [4.69, 9.17) is 4.74 Å². The Hall–Kier alpha value is -1.58. The molecule has 6 atom stereocenters. The van der Waals surface area contributed by atoms with Gasteiger partial charge in [0.05, 0.1) is 24.7 Å². The number of hydrogen-bond donors (Lipinski definition) is 3. The molecule has 3 heterocycles. The number of carbonyl (C=O) groups excluding carboxylic acids is 1. The lowest BCUT2D eigenvalue weighted by molar-refractivity contribution is -0.143. The second-order valence-corrected chi connectivity index (χ2v) is 10.4. The molecule has 3 N–H and O–H groups in total. The van der Waals surface area contributed by atoms with Gasteiger partial charge in [-0.25, -0.2) is 4.39 Å². The molecule has 1 aromatic rings. The molecule has 190 valence electrons. The first-order chi connectivity index (χ1) is 16.4. The summed E-state index contributed by atoms with van der Waals surface area (Å²) in [5, 5.41) is 24.0. The molecule has 1 aromatic carbocycles. The number of ether oxygens (including phenoxy) is 1. The van der Waals surface area contributed by atoms with Gasteiger partial charge in [0.15, 0.2) is 0 Å². The number of amides is 1. The van der Waals surface area contributed by atoms with Crippen LogP contribution in [0.25, 0.3) is 0 Å². The average Bonchev–Trinajstić information content (AvgIpc) is 2.83. The second kappa shape index (κ2) is 11.4. The van der Waals surface area contributed by atoms with Crippen molar-refractivity contribution in [1.82, 2.24) is 15.1 Å². The molecule has 0 bridgehead atoms. The van der Waals surface area contributed by atoms with E-state index in [0.717, 1.165) is 38.0 Å². The van der Waals surface area contributed by atoms with E-state index in [1.54, 1.807) is 20.1 Å². The number of benzene rings is 1. The van der Waals surface area contributed by atoms with Crippen LogP contribution in [-0.4, -0.2) is 97.7 Å². The van der Waals surface area contributed by atoms with Crippen LogP contribution in [0.1, 0.15) is 36.3 Å². The van der Waals surface area contributed by atoms with Crippen LogP contribution in [0.4, 0.5) is 4.39 Å². The lowest BCUT2D eigenvalue weighted by atomic mass is 9.65. The lowest BCUT2D eigenvalue weighted by Gasteiger charge is -2.49. The number of nitrogens with zero attached hydrogens (tertiary/aromatic N) is 2. The van der Waals surface area contributed by atoms with Crippen molar-refractivity contribution >= 4 is 5.91 Å². The molecule has 4 unspecified atom stereocenters. The van der Waals surface area contributed by atoms with Crippen molar-refractivity contribution in [2.45, 2.75) is 44.3 Å². The fourth-order valence-electron chi connectivity index (χ4n) is 6.35. The summed E-state index contributed by atoms with van der Waals surface area (Å²) in [5.74, 6) is -0.455. The van der Waals surface area contributed by atoms with E-state index < -0.39 is 12.2 Å². The normalized spacial score (nSPS) is 33.1. The Morgan fingerprint density at radius 1 is 1.21 bits per heavy atom. The first kappa shape index (κ1) is 25.5. The highest BCUT2D eigenvalue weighted by atomic mass is 19.1. The number of methoxy groups -OCH3 is 1. The van der Waals surface area contributed by atoms with E-state index in [1.165, 1.54) is 6.07 Å². The summed E-state index contributed by atoms with van der Waals surface area (Å²) >= 11 is 0. The summed E-state index contributed by atoms with van der Waals surface area (Å²) in [7, 11) is 1.68. The van der Waals surface area contributed by atoms with Crippen molar-refractivity contribution in [1.29, 1.82) is 0 Å². The topological polar surface area (TPSA) is 85.3 Å². The zero-order chi connectivity index (χ0) is 24.2. The number of aliphatic hydroxyl groups is 2. The fraction of sp³-hybridized carbons (Fsp3) is 0.731. The maximum Gasteiger partial charge on any atom is 0.227 e. The third-order valence-electron chi connectivity index (χ3n) is 8.09. The largest absolute Gasteiger partial charge is 0.392 e. The van der Waals surface area contributed by atoms with Gasteiger partial charge in [0.2, 0.25) is 5.91 Å². The van der Waals surface area contributed by atoms with Gasteiger partial charge in [0, 0.05) is 52.3 Å². The summed E-state index contributed by atoms with van der Waals surface area (Å²) in [6.45, 7) is 6.80. The fourth-order valence-corrected chi connectivity index (χ4v) is 6.35. The molecule has 7 nitrogen and oxygen atoms in total. The van der Waals surface area contributed by atoms with E-state index in [1.807, 2.05) is 11.0 Å². The summed E-state index contributed by atoms with van der Waals surface area (Å²) in [4.78, 5) is 18.1. The van der Waals surface area contributed by atoms with Gasteiger partial charge in [-0.3, -0.25) is 9.69 Å². The Kier molecular flexibility index (Phi) is 8.58. The number of hydrogen-bond acceptors (Lipinski definition) is 6. The third kappa shape index (κ3) is 5.62. The SMILES string of the molecule is COCCN1CC(C(=O)N2CCCC(O)C2)C(c2cccc(F)c2C)C([C@H]2CNC[C@H](O)C2)C1. The molecule has 8 heteroatoms. The number of rotatable bonds is 6. The van der Waals surface area contributed by atoms with E-state index in [-0.39, 0.29) is 35.4 Å². The minimum atomic E-state index is -0.492. The van der Waals surface area contributed by atoms with Crippen molar-refractivity contribution in [3.8, 4) is 0 Å². The van der Waals surface area contributed by atoms with Crippen molar-refractivity contribution in [2.75, 3.05) is 59.5 Å². The number of β-amino-alcohol motifs (C(OH)–C–C–N with tert-alkyl or cyclic N) is 2. The van der Waals surface area contributed by atoms with E-state index >= 15 is 0 Å². The van der Waals surface area contributed by atoms with E-state index in [2.05, 4.69) is 10.2 Å². The zero-order valence-corrected chi connectivity index (χ0v) is 20.5. The monoisotopic (exact) mass is 477 g/mol. The molecule has 0 radical (unpaired) electrons. The van der Waals surface area contributed by atoms with Crippen LogP contribution >= 0.6 is 0 Å². The Morgan fingerprint density at radius 3 is 2.76 bits per heavy atom. The van der Waals surface area contributed by atoms with Crippen molar-refractivity contribution in [3.05, 3.63) is 35.1 Å². The molecule has 3 fully saturated rings. The quantitative estimate of drug-likeness (QED) is 0.574. The van der Waals surface area contributed by atoms with Gasteiger partial charge in [-0.05, 0) is 61.8 Å². The maximum absolute atomic E-state index is 14.7. The number of piperidine rings is 3. The maximum atomic E-state index is 14.7. The van der Waals surface area contributed by atoms with Crippen LogP contribution in [0.3, 0.4) is 0 Å². The molecular weight excluding hydrogens is 437 g/mol. The van der Waals surface area contributed by atoms with Crippen LogP contribution in [-0.2, 0) is 9.53 Å². The van der Waals surface area contributed by atoms with Gasteiger partial charge in [0.1, 0.15) is 5.82 Å². The number of carbonyl (C=O) groups is 1. The minimum absolute atomic E-state index is 0.0452. The molecule has 0 spiro atoms. The van der Waals surface area contributed by atoms with Gasteiger partial charge >= 0.3 is 0 Å². The summed E-state index contributed by atoms with van der Waals surface area (Å²) in [6.07, 6.45) is 1.26. The average molecular weight is 478 g/mol. The minimum Gasteiger partial charge on any atom is -0.392 e. The highest BCUT2D eigenvalue weighted by Crippen LogP contribution is 2.45. The summed E-state index contributed by atoms with van der Waals surface area (Å²) < 4.78 is 20.1. The molecule has 3 aliphatic heterocycles. The lowest BCUT2D eigenvalue weighted by Crippen LogP contribution is -2.57. The highest BCUT2D eigenvalue weighted by molar-refractivity contribution is 5.80. The van der Waals surface area contributed by atoms with E-state index in [0.29, 0.717) is 44.8 Å². The summed E-state index contributed by atoms with van der Waals surface area (Å²) in [6, 6.07) is 5.19. The van der Waals surface area contributed by atoms with Crippen molar-refractivity contribution in [2.24, 2.45) is 17.8 Å². The Balaban J connectivity index is 1.73. The molecule has 0 aromatic heterocycles. The third-order valence-corrected chi connectivity index (χ3v) is 8.09. The molecule has 34 heavy (non-hydrogen) atoms. The number of halogens is 1. The van der Waals surface area contributed by atoms with E-state index in [9.17, 15) is 19.4 Å². The smallest absolute Gasteiger partial charge is 0.227 e. The number of aliphatic hydroxyl groups excluding tert-OH is 2. The standard InChI is InChI=1S/C26H40FN3O4/c1-17-21(6-3-7-24(17)27)25-22(18-11-20(32)13-28-12-18)15-29(9-10-34-2)16-23(25)26(33)30-8-4-5-19(31)14-30/h3,6-7,18-20,22-23,25,28,31-32H,4-5,8-16H2,1-2H3/t18-,19?,20-,22?,23?,25?/m1/s1. The Labute approximate surface area is 202 Å². The van der Waals surface area contributed by atoms with Gasteiger partial charge in [-0.2, -0.15) is 0 Å².